The van der Waals surface area contributed by atoms with Gasteiger partial charge in [0, 0.05) is 29.7 Å². The lowest BCUT2D eigenvalue weighted by atomic mass is 9.58. The Labute approximate surface area is 131 Å². The molecule has 0 unspecified atom stereocenters. The molecular formula is C16H12ClNO4. The molecule has 1 saturated heterocycles. The Morgan fingerprint density at radius 1 is 0.818 bits per heavy atom. The van der Waals surface area contributed by atoms with Gasteiger partial charge in [0.15, 0.2) is 0 Å². The molecule has 3 aliphatic carbocycles. The Morgan fingerprint density at radius 3 is 1.73 bits per heavy atom. The molecule has 3 saturated carbocycles. The normalized spacial score (nSPS) is 33.6. The highest BCUT2D eigenvalue weighted by molar-refractivity contribution is 6.31. The van der Waals surface area contributed by atoms with E-state index in [1.807, 2.05) is 0 Å². The number of imide groups is 1. The minimum Gasteiger partial charge on any atom is -0.299 e. The van der Waals surface area contributed by atoms with E-state index in [4.69, 9.17) is 11.6 Å². The number of halogens is 1. The zero-order valence-corrected chi connectivity index (χ0v) is 12.2. The minimum absolute atomic E-state index is 0.0649. The molecule has 2 bridgehead atoms. The summed E-state index contributed by atoms with van der Waals surface area (Å²) in [6.07, 6.45) is 0.191. The first-order chi connectivity index (χ1) is 10.5. The van der Waals surface area contributed by atoms with Gasteiger partial charge in [-0.2, -0.15) is 0 Å². The highest BCUT2D eigenvalue weighted by atomic mass is 35.5. The molecule has 1 aromatic carbocycles. The van der Waals surface area contributed by atoms with Crippen LogP contribution in [0.25, 0.3) is 0 Å². The van der Waals surface area contributed by atoms with E-state index >= 15 is 0 Å². The van der Waals surface area contributed by atoms with Crippen LogP contribution in [-0.2, 0) is 19.2 Å². The standard InChI is InChI=1S/C16H12ClNO4/c17-7-1-3-8(4-2-7)18-15(21)13-9-5-11(19)10(6-12(9)20)14(13)16(18)22/h1-4,9-10,13-14H,5-6H2/t9-,10+,13+,14-. The van der Waals surface area contributed by atoms with Gasteiger partial charge in [-0.05, 0) is 24.3 Å². The number of benzene rings is 1. The Bertz CT molecular complexity index is 686. The molecule has 2 amide bonds. The molecule has 112 valence electrons. The topological polar surface area (TPSA) is 71.5 Å². The number of carbonyl (C=O) groups excluding carboxylic acids is 4. The maximum absolute atomic E-state index is 12.7. The molecule has 22 heavy (non-hydrogen) atoms. The van der Waals surface area contributed by atoms with Crippen LogP contribution in [0.2, 0.25) is 5.02 Å². The fourth-order valence-electron chi connectivity index (χ4n) is 4.02. The largest absolute Gasteiger partial charge is 0.299 e. The molecule has 1 aliphatic heterocycles. The quantitative estimate of drug-likeness (QED) is 0.738. The lowest BCUT2D eigenvalue weighted by Crippen LogP contribution is -2.51. The number of hydrogen-bond acceptors (Lipinski definition) is 4. The molecule has 4 aliphatic rings. The van der Waals surface area contributed by atoms with Gasteiger partial charge in [0.25, 0.3) is 0 Å². The minimum atomic E-state index is -0.674. The van der Waals surface area contributed by atoms with Crippen LogP contribution < -0.4 is 4.90 Å². The van der Waals surface area contributed by atoms with Crippen LogP contribution in [0.4, 0.5) is 5.69 Å². The van der Waals surface area contributed by atoms with Gasteiger partial charge in [-0.1, -0.05) is 11.6 Å². The average molecular weight is 318 g/mol. The number of rotatable bonds is 1. The van der Waals surface area contributed by atoms with Crippen molar-refractivity contribution in [1.29, 1.82) is 0 Å². The molecule has 0 spiro atoms. The molecule has 0 aromatic heterocycles. The van der Waals surface area contributed by atoms with E-state index in [9.17, 15) is 19.2 Å². The highest BCUT2D eigenvalue weighted by Gasteiger charge is 2.63. The number of carbonyl (C=O) groups is 4. The first kappa shape index (κ1) is 13.6. The fraction of sp³-hybridized carbons (Fsp3) is 0.375. The average Bonchev–Trinajstić information content (AvgIpc) is 2.75. The van der Waals surface area contributed by atoms with E-state index in [0.717, 1.165) is 4.90 Å². The SMILES string of the molecule is O=C1C[C@H]2C(=O)C[C@H]1[C@@H]1C(=O)N(c3ccc(Cl)cc3)C(=O)[C@@H]12. The lowest BCUT2D eigenvalue weighted by molar-refractivity contribution is -0.153. The van der Waals surface area contributed by atoms with E-state index in [2.05, 4.69) is 0 Å². The van der Waals surface area contributed by atoms with E-state index in [-0.39, 0.29) is 36.2 Å². The summed E-state index contributed by atoms with van der Waals surface area (Å²) in [4.78, 5) is 50.6. The molecule has 6 heteroatoms. The van der Waals surface area contributed by atoms with Crippen molar-refractivity contribution in [1.82, 2.24) is 0 Å². The zero-order chi connectivity index (χ0) is 15.6. The fourth-order valence-corrected chi connectivity index (χ4v) is 4.15. The maximum atomic E-state index is 12.7. The molecule has 1 aromatic rings. The van der Waals surface area contributed by atoms with Crippen molar-refractivity contribution in [2.75, 3.05) is 4.90 Å². The number of fused-ring (bicyclic) bond motifs is 2. The summed E-state index contributed by atoms with van der Waals surface area (Å²) in [5.41, 5.74) is 0.438. The van der Waals surface area contributed by atoms with Crippen LogP contribution in [0.3, 0.4) is 0 Å². The number of nitrogens with zero attached hydrogens (tertiary/aromatic N) is 1. The van der Waals surface area contributed by atoms with E-state index in [1.54, 1.807) is 24.3 Å². The van der Waals surface area contributed by atoms with Crippen LogP contribution in [0.5, 0.6) is 0 Å². The van der Waals surface area contributed by atoms with E-state index < -0.39 is 23.7 Å². The summed E-state index contributed by atoms with van der Waals surface area (Å²) < 4.78 is 0. The molecule has 5 rings (SSSR count). The van der Waals surface area contributed by atoms with Crippen LogP contribution in [-0.4, -0.2) is 23.4 Å². The maximum Gasteiger partial charge on any atom is 0.238 e. The molecule has 4 atom stereocenters. The first-order valence-corrected chi connectivity index (χ1v) is 7.55. The zero-order valence-electron chi connectivity index (χ0n) is 11.5. The van der Waals surface area contributed by atoms with Gasteiger partial charge in [-0.15, -0.1) is 0 Å². The molecule has 4 fully saturated rings. The predicted octanol–water partition coefficient (Wildman–Crippen LogP) is 1.62. The Balaban J connectivity index is 1.78. The van der Waals surface area contributed by atoms with Gasteiger partial charge >= 0.3 is 0 Å². The predicted molar refractivity (Wildman–Crippen MR) is 77.2 cm³/mol. The second-order valence-corrected chi connectivity index (χ2v) is 6.53. The van der Waals surface area contributed by atoms with Gasteiger partial charge in [0.2, 0.25) is 11.8 Å². The first-order valence-electron chi connectivity index (χ1n) is 7.18. The second kappa shape index (κ2) is 4.49. The summed E-state index contributed by atoms with van der Waals surface area (Å²) in [6, 6.07) is 6.40. The third-order valence-corrected chi connectivity index (χ3v) is 5.27. The number of anilines is 1. The highest BCUT2D eigenvalue weighted by Crippen LogP contribution is 2.50. The number of ketones is 2. The third kappa shape index (κ3) is 1.66. The Kier molecular flexibility index (Phi) is 2.78. The second-order valence-electron chi connectivity index (χ2n) is 6.09. The van der Waals surface area contributed by atoms with Gasteiger partial charge < -0.3 is 0 Å². The van der Waals surface area contributed by atoms with Crippen molar-refractivity contribution in [3.63, 3.8) is 0 Å². The van der Waals surface area contributed by atoms with Crippen molar-refractivity contribution in [2.45, 2.75) is 12.8 Å². The van der Waals surface area contributed by atoms with Crippen LogP contribution in [0, 0.1) is 23.7 Å². The van der Waals surface area contributed by atoms with Crippen molar-refractivity contribution < 1.29 is 19.2 Å². The molecule has 1 heterocycles. The lowest BCUT2D eigenvalue weighted by Gasteiger charge is -2.40. The van der Waals surface area contributed by atoms with Gasteiger partial charge in [-0.3, -0.25) is 24.1 Å². The monoisotopic (exact) mass is 317 g/mol. The number of amides is 2. The summed E-state index contributed by atoms with van der Waals surface area (Å²) in [5.74, 6) is -3.47. The third-order valence-electron chi connectivity index (χ3n) is 5.02. The smallest absolute Gasteiger partial charge is 0.238 e. The molecule has 0 radical (unpaired) electrons. The summed E-state index contributed by atoms with van der Waals surface area (Å²) in [5, 5.41) is 0.505. The Hall–Kier alpha value is -2.01. The van der Waals surface area contributed by atoms with Crippen LogP contribution >= 0.6 is 11.6 Å². The molecule has 5 nitrogen and oxygen atoms in total. The van der Waals surface area contributed by atoms with Crippen molar-refractivity contribution in [2.24, 2.45) is 23.7 Å². The summed E-state index contributed by atoms with van der Waals surface area (Å²) in [6.45, 7) is 0. The number of Topliss-reactive ketones (excluding diaryl/α,β-unsaturated/α-hetero) is 2. The van der Waals surface area contributed by atoms with Crippen LogP contribution in [0.1, 0.15) is 12.8 Å². The number of hydrogen-bond donors (Lipinski definition) is 0. The molecular weight excluding hydrogens is 306 g/mol. The van der Waals surface area contributed by atoms with Crippen molar-refractivity contribution in [3.8, 4) is 0 Å². The van der Waals surface area contributed by atoms with E-state index in [0.29, 0.717) is 10.7 Å². The summed E-state index contributed by atoms with van der Waals surface area (Å²) >= 11 is 5.83. The van der Waals surface area contributed by atoms with Crippen LogP contribution in [0.15, 0.2) is 24.3 Å². The van der Waals surface area contributed by atoms with Gasteiger partial charge in [0.1, 0.15) is 11.6 Å². The van der Waals surface area contributed by atoms with Crippen molar-refractivity contribution in [3.05, 3.63) is 29.3 Å². The molecule has 0 N–H and O–H groups in total. The summed E-state index contributed by atoms with van der Waals surface area (Å²) in [7, 11) is 0. The van der Waals surface area contributed by atoms with Crippen molar-refractivity contribution >= 4 is 40.7 Å². The van der Waals surface area contributed by atoms with Gasteiger partial charge in [0.05, 0.1) is 17.5 Å². The Morgan fingerprint density at radius 2 is 1.27 bits per heavy atom. The van der Waals surface area contributed by atoms with Gasteiger partial charge in [-0.25, -0.2) is 0 Å². The van der Waals surface area contributed by atoms with E-state index in [1.165, 1.54) is 0 Å².